The third-order valence-corrected chi connectivity index (χ3v) is 21.3. The Kier molecular flexibility index (Phi) is 7.53. The summed E-state index contributed by atoms with van der Waals surface area (Å²) in [4.78, 5) is 14.7. The van der Waals surface area contributed by atoms with Gasteiger partial charge in [-0.25, -0.2) is 15.0 Å². The second-order valence-corrected chi connectivity index (χ2v) is 27.4. The van der Waals surface area contributed by atoms with Gasteiger partial charge in [0.25, 0.3) is 0 Å². The first-order valence-electron chi connectivity index (χ1n) is 17.9. The topological polar surface area (TPSA) is 80.5 Å². The number of aromatic nitrogens is 4. The number of imidazole rings is 1. The molecular formula is C40H50N4O4Si2. The van der Waals surface area contributed by atoms with Gasteiger partial charge in [0, 0.05) is 15.6 Å². The lowest BCUT2D eigenvalue weighted by Crippen LogP contribution is -2.66. The summed E-state index contributed by atoms with van der Waals surface area (Å²) in [6.07, 6.45) is 2.06. The summed E-state index contributed by atoms with van der Waals surface area (Å²) < 4.78 is 30.5. The maximum atomic E-state index is 7.36. The average Bonchev–Trinajstić information content (AvgIpc) is 3.62. The number of rotatable bonds is 4. The van der Waals surface area contributed by atoms with E-state index in [1.165, 1.54) is 26.9 Å². The molecule has 2 aromatic heterocycles. The average molecular weight is 707 g/mol. The summed E-state index contributed by atoms with van der Waals surface area (Å²) in [7, 11) is -5.09. The summed E-state index contributed by atoms with van der Waals surface area (Å²) in [6.45, 7) is 25.4. The number of hydrogen-bond acceptors (Lipinski definition) is 7. The second-order valence-electron chi connectivity index (χ2n) is 17.9. The van der Waals surface area contributed by atoms with Crippen LogP contribution in [0.2, 0.25) is 28.2 Å². The van der Waals surface area contributed by atoms with Crippen LogP contribution in [0.3, 0.4) is 0 Å². The molecular weight excluding hydrogens is 657 g/mol. The van der Waals surface area contributed by atoms with Gasteiger partial charge < -0.3 is 18.0 Å². The van der Waals surface area contributed by atoms with Gasteiger partial charge in [-0.05, 0) is 50.4 Å². The number of hydrogen-bond donors (Lipinski definition) is 0. The van der Waals surface area contributed by atoms with E-state index in [1.807, 2.05) is 10.9 Å². The molecule has 0 unspecified atom stereocenters. The quantitative estimate of drug-likeness (QED) is 0.133. The molecule has 0 N–H and O–H groups in total. The number of nitrogens with zero attached hydrogens (tertiary/aromatic N) is 4. The molecule has 0 saturated carbocycles. The first-order valence-corrected chi connectivity index (χ1v) is 22.6. The molecule has 0 radical (unpaired) electrons. The van der Waals surface area contributed by atoms with Crippen molar-refractivity contribution in [1.29, 1.82) is 0 Å². The summed E-state index contributed by atoms with van der Waals surface area (Å²) >= 11 is 0. The molecule has 2 aliphatic rings. The van der Waals surface area contributed by atoms with Crippen LogP contribution >= 0.6 is 0 Å². The third-order valence-electron chi connectivity index (χ3n) is 11.7. The Bertz CT molecular complexity index is 2220. The SMILES string of the molecule is CC(C)(C)[Si](C)(C)O[C@@H]1[C@@H]2O[Si](C(C)(C)C)(C(C)(C)C)OC[C@H]2O[C@H]1n1cnc2c(-c3ccc4ccc5cccc6ccc3c4c56)ncnc21. The highest BCUT2D eigenvalue weighted by molar-refractivity contribution is 6.74. The summed E-state index contributed by atoms with van der Waals surface area (Å²) in [5.74, 6) is 0. The van der Waals surface area contributed by atoms with Crippen LogP contribution in [0.4, 0.5) is 0 Å². The Labute approximate surface area is 297 Å². The minimum absolute atomic E-state index is 0.00918. The fraction of sp³-hybridized carbons (Fsp3) is 0.475. The van der Waals surface area contributed by atoms with Gasteiger partial charge in [0.05, 0.1) is 12.9 Å². The van der Waals surface area contributed by atoms with Gasteiger partial charge in [-0.15, -0.1) is 0 Å². The van der Waals surface area contributed by atoms with Crippen molar-refractivity contribution in [3.05, 3.63) is 67.3 Å². The lowest BCUT2D eigenvalue weighted by atomic mass is 9.91. The van der Waals surface area contributed by atoms with Crippen molar-refractivity contribution in [2.45, 2.75) is 115 Å². The van der Waals surface area contributed by atoms with E-state index in [0.29, 0.717) is 12.3 Å². The van der Waals surface area contributed by atoms with Crippen LogP contribution in [0.25, 0.3) is 54.7 Å². The van der Waals surface area contributed by atoms with Crippen LogP contribution in [0.15, 0.2) is 67.3 Å². The zero-order chi connectivity index (χ0) is 35.6. The zero-order valence-corrected chi connectivity index (χ0v) is 33.3. The fourth-order valence-electron chi connectivity index (χ4n) is 8.36. The molecule has 2 saturated heterocycles. The molecule has 2 fully saturated rings. The highest BCUT2D eigenvalue weighted by Crippen LogP contribution is 2.57. The van der Waals surface area contributed by atoms with Crippen molar-refractivity contribution in [1.82, 2.24) is 19.5 Å². The van der Waals surface area contributed by atoms with E-state index in [9.17, 15) is 0 Å². The highest BCUT2D eigenvalue weighted by Gasteiger charge is 2.66. The Balaban J connectivity index is 1.26. The van der Waals surface area contributed by atoms with Gasteiger partial charge in [0.1, 0.15) is 35.8 Å². The molecule has 2 aliphatic heterocycles. The van der Waals surface area contributed by atoms with E-state index in [0.717, 1.165) is 22.2 Å². The van der Waals surface area contributed by atoms with Crippen LogP contribution in [-0.2, 0) is 18.0 Å². The maximum absolute atomic E-state index is 7.36. The van der Waals surface area contributed by atoms with Gasteiger partial charge in [-0.1, -0.05) is 117 Å². The van der Waals surface area contributed by atoms with Gasteiger partial charge >= 0.3 is 8.56 Å². The van der Waals surface area contributed by atoms with Crippen LogP contribution in [0.5, 0.6) is 0 Å². The molecule has 8 rings (SSSR count). The Morgan fingerprint density at radius 2 is 1.44 bits per heavy atom. The number of benzene rings is 4. The molecule has 10 heteroatoms. The molecule has 0 bridgehead atoms. The Morgan fingerprint density at radius 1 is 0.800 bits per heavy atom. The van der Waals surface area contributed by atoms with E-state index in [2.05, 4.69) is 130 Å². The van der Waals surface area contributed by atoms with Crippen molar-refractivity contribution in [2.75, 3.05) is 6.61 Å². The van der Waals surface area contributed by atoms with Crippen LogP contribution in [-0.4, -0.2) is 61.3 Å². The lowest BCUT2D eigenvalue weighted by molar-refractivity contribution is -0.0795. The Hall–Kier alpha value is -3.26. The largest absolute Gasteiger partial charge is 0.407 e. The van der Waals surface area contributed by atoms with E-state index < -0.39 is 23.1 Å². The third kappa shape index (κ3) is 4.93. The number of ether oxygens (including phenoxy) is 1. The van der Waals surface area contributed by atoms with E-state index in [1.54, 1.807) is 6.33 Å². The molecule has 4 atom stereocenters. The highest BCUT2D eigenvalue weighted by atomic mass is 28.4. The minimum Gasteiger partial charge on any atom is -0.407 e. The molecule has 8 nitrogen and oxygen atoms in total. The van der Waals surface area contributed by atoms with Gasteiger partial charge in [0.15, 0.2) is 20.2 Å². The van der Waals surface area contributed by atoms with Gasteiger partial charge in [-0.2, -0.15) is 0 Å². The van der Waals surface area contributed by atoms with E-state index in [-0.39, 0.29) is 33.4 Å². The van der Waals surface area contributed by atoms with Gasteiger partial charge in [-0.3, -0.25) is 4.57 Å². The molecule has 262 valence electrons. The predicted molar refractivity (Wildman–Crippen MR) is 206 cm³/mol. The molecule has 6 aromatic rings. The van der Waals surface area contributed by atoms with Crippen LogP contribution in [0.1, 0.15) is 68.5 Å². The number of fused-ring (bicyclic) bond motifs is 2. The summed E-state index contributed by atoms with van der Waals surface area (Å²) in [6, 6.07) is 19.7. The standard InChI is InChI=1S/C40H50N4O4Si2/c1-38(2,3)49(10,11)47-35-34-29(21-45-50(48-34,39(4,5)6)40(7,8)9)46-37(35)44-23-43-33-32(41-22-42-36(33)44)28-20-18-26-16-15-24-13-12-14-25-17-19-27(28)31(26)30(24)25/h12-20,22-23,29,34-35,37H,21H2,1-11H3/t29-,34-,35-,37-/m1/s1. The van der Waals surface area contributed by atoms with Crippen molar-refractivity contribution in [2.24, 2.45) is 0 Å². The Morgan fingerprint density at radius 3 is 2.10 bits per heavy atom. The van der Waals surface area contributed by atoms with Crippen LogP contribution in [0, 0.1) is 0 Å². The van der Waals surface area contributed by atoms with Crippen LogP contribution < -0.4 is 0 Å². The minimum atomic E-state index is -2.81. The summed E-state index contributed by atoms with van der Waals surface area (Å²) in [5.41, 5.74) is 3.28. The van der Waals surface area contributed by atoms with Crippen molar-refractivity contribution in [3.63, 3.8) is 0 Å². The monoisotopic (exact) mass is 706 g/mol. The van der Waals surface area contributed by atoms with E-state index in [4.69, 9.17) is 33.0 Å². The van der Waals surface area contributed by atoms with Gasteiger partial charge in [0.2, 0.25) is 0 Å². The zero-order valence-electron chi connectivity index (χ0n) is 31.3. The van der Waals surface area contributed by atoms with E-state index >= 15 is 0 Å². The lowest BCUT2D eigenvalue weighted by Gasteiger charge is -2.54. The summed E-state index contributed by atoms with van der Waals surface area (Å²) in [5, 5.41) is 7.02. The fourth-order valence-corrected chi connectivity index (χ4v) is 14.6. The van der Waals surface area contributed by atoms with Crippen molar-refractivity contribution in [3.8, 4) is 11.3 Å². The van der Waals surface area contributed by atoms with Crippen molar-refractivity contribution >= 4 is 60.4 Å². The first-order chi connectivity index (χ1) is 23.4. The molecule has 50 heavy (non-hydrogen) atoms. The molecule has 0 spiro atoms. The predicted octanol–water partition coefficient (Wildman–Crippen LogP) is 10.1. The molecule has 0 amide bonds. The second kappa shape index (κ2) is 11.1. The first kappa shape index (κ1) is 33.9. The maximum Gasteiger partial charge on any atom is 0.349 e. The molecule has 0 aliphatic carbocycles. The normalized spacial score (nSPS) is 23.4. The molecule has 4 heterocycles. The smallest absolute Gasteiger partial charge is 0.349 e. The van der Waals surface area contributed by atoms with Crippen molar-refractivity contribution < 1.29 is 18.0 Å². The molecule has 4 aromatic carbocycles.